The third-order valence-electron chi connectivity index (χ3n) is 10.4. The van der Waals surface area contributed by atoms with Crippen molar-refractivity contribution >= 4 is 28.6 Å². The Balaban J connectivity index is 1.18. The Morgan fingerprint density at radius 1 is 0.933 bits per heavy atom. The van der Waals surface area contributed by atoms with E-state index in [9.17, 15) is 4.79 Å². The number of carbonyl (C=O) groups excluding carboxylic acids is 1. The molecule has 4 aliphatic rings. The Kier molecular flexibility index (Phi) is 6.42. The lowest BCUT2D eigenvalue weighted by Gasteiger charge is -2.58. The number of nitrogens with two attached hydrogens (primary N) is 2. The molecule has 9 rings (SSSR count). The summed E-state index contributed by atoms with van der Waals surface area (Å²) >= 11 is 0. The van der Waals surface area contributed by atoms with Crippen molar-refractivity contribution in [3.05, 3.63) is 84.6 Å². The average Bonchev–Trinajstić information content (AvgIpc) is 3.42. The van der Waals surface area contributed by atoms with Gasteiger partial charge in [0, 0.05) is 60.8 Å². The van der Waals surface area contributed by atoms with Gasteiger partial charge in [0.05, 0.1) is 11.3 Å². The second-order valence-electron chi connectivity index (χ2n) is 13.1. The van der Waals surface area contributed by atoms with E-state index in [0.717, 1.165) is 64.9 Å². The third-order valence-corrected chi connectivity index (χ3v) is 10.4. The summed E-state index contributed by atoms with van der Waals surface area (Å²) in [5.41, 5.74) is 20.3. The number of piperidine rings is 1. The fourth-order valence-electron chi connectivity index (χ4n) is 7.60. The minimum Gasteiger partial charge on any atom is -0.383 e. The molecule has 5 heterocycles. The van der Waals surface area contributed by atoms with Crippen LogP contribution >= 0.6 is 0 Å². The number of fused-ring (bicyclic) bond motifs is 3. The topological polar surface area (TPSA) is 119 Å². The summed E-state index contributed by atoms with van der Waals surface area (Å²) < 4.78 is 2.08. The summed E-state index contributed by atoms with van der Waals surface area (Å²) in [5, 5.41) is 0. The smallest absolute Gasteiger partial charge is 0.219 e. The van der Waals surface area contributed by atoms with Crippen LogP contribution < -0.4 is 16.4 Å². The van der Waals surface area contributed by atoms with Gasteiger partial charge in [-0.05, 0) is 92.6 Å². The molecule has 1 amide bonds. The summed E-state index contributed by atoms with van der Waals surface area (Å²) in [6.07, 6.45) is 8.07. The second kappa shape index (κ2) is 10.4. The van der Waals surface area contributed by atoms with Gasteiger partial charge < -0.3 is 21.3 Å². The first-order chi connectivity index (χ1) is 21.8. The van der Waals surface area contributed by atoms with Crippen molar-refractivity contribution in [2.45, 2.75) is 69.1 Å². The summed E-state index contributed by atoms with van der Waals surface area (Å²) in [6, 6.07) is 26.3. The van der Waals surface area contributed by atoms with Crippen molar-refractivity contribution in [3.63, 3.8) is 0 Å². The molecular formula is C36H38N8O. The highest BCUT2D eigenvalue weighted by atomic mass is 16.2. The normalized spacial score (nSPS) is 21.7. The molecule has 0 radical (unpaired) electrons. The Morgan fingerprint density at radius 3 is 2.40 bits per heavy atom. The van der Waals surface area contributed by atoms with Crippen LogP contribution in [0, 0.1) is 0 Å². The molecule has 9 nitrogen and oxygen atoms in total. The van der Waals surface area contributed by atoms with Crippen molar-refractivity contribution in [1.29, 1.82) is 0 Å². The number of amides is 1. The molecule has 45 heavy (non-hydrogen) atoms. The quantitative estimate of drug-likeness (QED) is 0.259. The molecule has 2 unspecified atom stereocenters. The summed E-state index contributed by atoms with van der Waals surface area (Å²) in [6.45, 7) is 1.66. The van der Waals surface area contributed by atoms with Gasteiger partial charge in [0.2, 0.25) is 5.91 Å². The SMILES string of the molecule is CC(=O)N(C)C1CC2CC(C1)N2c1cccc(-c2ccc3nc(-c4cccnc4N)n(-c4ccc(C5(N)CCC5)cc4)c3n2)c1. The molecule has 2 aromatic carbocycles. The molecule has 2 bridgehead atoms. The zero-order valence-corrected chi connectivity index (χ0v) is 25.7. The van der Waals surface area contributed by atoms with Crippen LogP contribution in [0.4, 0.5) is 11.5 Å². The van der Waals surface area contributed by atoms with E-state index in [4.69, 9.17) is 21.4 Å². The predicted octanol–water partition coefficient (Wildman–Crippen LogP) is 5.66. The van der Waals surface area contributed by atoms with Crippen LogP contribution in [0.15, 0.2) is 79.0 Å². The fourth-order valence-corrected chi connectivity index (χ4v) is 7.60. The van der Waals surface area contributed by atoms with Gasteiger partial charge >= 0.3 is 0 Å². The van der Waals surface area contributed by atoms with Gasteiger partial charge in [-0.15, -0.1) is 0 Å². The Hall–Kier alpha value is -4.76. The number of hydrogen-bond donors (Lipinski definition) is 2. The third kappa shape index (κ3) is 4.56. The van der Waals surface area contributed by atoms with E-state index in [1.165, 1.54) is 18.5 Å². The molecule has 2 atom stereocenters. The number of rotatable bonds is 6. The highest BCUT2D eigenvalue weighted by Crippen LogP contribution is 2.44. The first kappa shape index (κ1) is 27.8. The van der Waals surface area contributed by atoms with Crippen LogP contribution in [0.25, 0.3) is 39.5 Å². The first-order valence-electron chi connectivity index (χ1n) is 15.9. The van der Waals surface area contributed by atoms with E-state index < -0.39 is 0 Å². The molecule has 228 valence electrons. The van der Waals surface area contributed by atoms with E-state index in [0.29, 0.717) is 29.8 Å². The molecule has 9 heteroatoms. The van der Waals surface area contributed by atoms with Crippen LogP contribution in [0.3, 0.4) is 0 Å². The maximum absolute atomic E-state index is 12.0. The largest absolute Gasteiger partial charge is 0.383 e. The number of anilines is 2. The molecule has 4 N–H and O–H groups in total. The number of imidazole rings is 1. The zero-order chi connectivity index (χ0) is 30.9. The first-order valence-corrected chi connectivity index (χ1v) is 15.9. The molecule has 0 spiro atoms. The van der Waals surface area contributed by atoms with Crippen LogP contribution in [-0.4, -0.2) is 55.5 Å². The molecular weight excluding hydrogens is 560 g/mol. The fraction of sp³-hybridized carbons (Fsp3) is 0.333. The molecule has 4 fully saturated rings. The summed E-state index contributed by atoms with van der Waals surface area (Å²) in [5.74, 6) is 1.26. The van der Waals surface area contributed by atoms with Gasteiger partial charge in [0.25, 0.3) is 0 Å². The molecule has 2 saturated carbocycles. The van der Waals surface area contributed by atoms with E-state index in [1.54, 1.807) is 13.1 Å². The van der Waals surface area contributed by atoms with Crippen molar-refractivity contribution in [1.82, 2.24) is 24.4 Å². The van der Waals surface area contributed by atoms with Crippen LogP contribution in [0.5, 0.6) is 0 Å². The summed E-state index contributed by atoms with van der Waals surface area (Å²) in [7, 11) is 1.93. The number of nitrogen functional groups attached to an aromatic ring is 1. The number of benzene rings is 2. The molecule has 2 aliphatic heterocycles. The standard InChI is InChI=1S/C36H38N8O/c1-22(45)42(2)27-19-28-21-29(20-27)43(28)26-7-3-6-23(18-26)31-13-14-32-35(40-31)44(34(41-32)30-8-4-17-39-33(30)37)25-11-9-24(10-12-25)36(38)15-5-16-36/h3-4,6-14,17-18,27-29H,5,15-16,19-21,38H2,1-2H3,(H2,37,39). The van der Waals surface area contributed by atoms with Gasteiger partial charge in [0.1, 0.15) is 11.3 Å². The van der Waals surface area contributed by atoms with Gasteiger partial charge in [0.15, 0.2) is 11.5 Å². The van der Waals surface area contributed by atoms with E-state index in [2.05, 4.69) is 63.0 Å². The van der Waals surface area contributed by atoms with Gasteiger partial charge in [-0.2, -0.15) is 0 Å². The number of carbonyl (C=O) groups is 1. The number of hydrogen-bond acceptors (Lipinski definition) is 7. The Labute approximate surface area is 262 Å². The van der Waals surface area contributed by atoms with Crippen LogP contribution in [0.2, 0.25) is 0 Å². The second-order valence-corrected chi connectivity index (χ2v) is 13.1. The van der Waals surface area contributed by atoms with Crippen molar-refractivity contribution < 1.29 is 4.79 Å². The van der Waals surface area contributed by atoms with E-state index >= 15 is 0 Å². The monoisotopic (exact) mass is 598 g/mol. The number of pyridine rings is 2. The zero-order valence-electron chi connectivity index (χ0n) is 25.7. The van der Waals surface area contributed by atoms with Gasteiger partial charge in [-0.1, -0.05) is 24.3 Å². The number of nitrogens with zero attached hydrogens (tertiary/aromatic N) is 6. The molecule has 2 aliphatic carbocycles. The van der Waals surface area contributed by atoms with E-state index in [1.807, 2.05) is 36.2 Å². The highest BCUT2D eigenvalue weighted by molar-refractivity contribution is 5.85. The Bertz CT molecular complexity index is 1920. The lowest BCUT2D eigenvalue weighted by Crippen LogP contribution is -2.64. The van der Waals surface area contributed by atoms with Crippen molar-refractivity contribution in [3.8, 4) is 28.3 Å². The molecule has 3 aromatic heterocycles. The van der Waals surface area contributed by atoms with Gasteiger partial charge in [-0.25, -0.2) is 15.0 Å². The number of aromatic nitrogens is 4. The highest BCUT2D eigenvalue weighted by Gasteiger charge is 2.46. The predicted molar refractivity (Wildman–Crippen MR) is 178 cm³/mol. The molecule has 5 aromatic rings. The average molecular weight is 599 g/mol. The van der Waals surface area contributed by atoms with Crippen LogP contribution in [-0.2, 0) is 10.3 Å². The minimum atomic E-state index is -0.234. The Morgan fingerprint density at radius 2 is 1.71 bits per heavy atom. The minimum absolute atomic E-state index is 0.141. The molecule has 2 saturated heterocycles. The van der Waals surface area contributed by atoms with Crippen LogP contribution in [0.1, 0.15) is 51.0 Å². The maximum Gasteiger partial charge on any atom is 0.219 e. The lowest BCUT2D eigenvalue weighted by molar-refractivity contribution is -0.130. The lowest BCUT2D eigenvalue weighted by atomic mass is 9.73. The summed E-state index contributed by atoms with van der Waals surface area (Å²) in [4.78, 5) is 31.0. The maximum atomic E-state index is 12.0. The van der Waals surface area contributed by atoms with Crippen molar-refractivity contribution in [2.24, 2.45) is 5.73 Å². The van der Waals surface area contributed by atoms with Crippen molar-refractivity contribution in [2.75, 3.05) is 17.7 Å². The van der Waals surface area contributed by atoms with E-state index in [-0.39, 0.29) is 11.4 Å². The van der Waals surface area contributed by atoms with Gasteiger partial charge in [-0.3, -0.25) is 9.36 Å².